The van der Waals surface area contributed by atoms with Crippen LogP contribution in [-0.4, -0.2) is 24.1 Å². The van der Waals surface area contributed by atoms with Crippen LogP contribution in [0.1, 0.15) is 5.56 Å². The fourth-order valence-electron chi connectivity index (χ4n) is 11.2. The highest BCUT2D eigenvalue weighted by atomic mass is 19.4. The van der Waals surface area contributed by atoms with E-state index in [1.165, 1.54) is 0 Å². The molecule has 5 heterocycles. The number of benzene rings is 10. The lowest BCUT2D eigenvalue weighted by molar-refractivity contribution is -0.136. The number of rotatable bonds is 6. The number of hydrogen-bond donors (Lipinski definition) is 0. The molecule has 0 bridgehead atoms. The number of alkyl halides is 3. The molecule has 0 fully saturated rings. The standard InChI is InChI=1S/C64H36F3N5O2/c65-64(66,67)60-40(24-15-27-53(60)72-51-26-12-8-21-42(51)46-34-48-44-23-10-14-29-57(44)74-59(48)36-55(46)72)39-30-31-52(49(32-39)63-69-61(37-16-3-1-4-17-37)68-62(70-63)38-18-5-2-6-19-38)71-50-25-11-7-20-41(50)45-33-47-43-22-9-13-28-56(43)73-58(47)35-54(45)71/h1-36H. The van der Waals surface area contributed by atoms with Crippen LogP contribution in [0.25, 0.3) is 144 Å². The monoisotopic (exact) mass is 963 g/mol. The van der Waals surface area contributed by atoms with Crippen molar-refractivity contribution in [3.05, 3.63) is 224 Å². The summed E-state index contributed by atoms with van der Waals surface area (Å²) in [6.45, 7) is 0. The molecular weight excluding hydrogens is 928 g/mol. The van der Waals surface area contributed by atoms with Gasteiger partial charge in [0, 0.05) is 71.9 Å². The number of fused-ring (bicyclic) bond motifs is 12. The number of halogens is 3. The highest BCUT2D eigenvalue weighted by Crippen LogP contribution is 2.47. The summed E-state index contributed by atoms with van der Waals surface area (Å²) in [7, 11) is 0. The maximum absolute atomic E-state index is 16.5. The third kappa shape index (κ3) is 6.37. The predicted molar refractivity (Wildman–Crippen MR) is 290 cm³/mol. The van der Waals surface area contributed by atoms with Crippen molar-refractivity contribution < 1.29 is 22.0 Å². The maximum Gasteiger partial charge on any atom is 0.419 e. The summed E-state index contributed by atoms with van der Waals surface area (Å²) in [5.41, 5.74) is 7.89. The van der Waals surface area contributed by atoms with Gasteiger partial charge in [0.15, 0.2) is 17.5 Å². The van der Waals surface area contributed by atoms with E-state index in [9.17, 15) is 0 Å². The Hall–Kier alpha value is -9.80. The Morgan fingerprint density at radius 3 is 1.32 bits per heavy atom. The van der Waals surface area contributed by atoms with Crippen molar-refractivity contribution >= 4 is 87.5 Å². The van der Waals surface area contributed by atoms with Crippen molar-refractivity contribution in [3.8, 4) is 56.7 Å². The van der Waals surface area contributed by atoms with Crippen LogP contribution in [0.5, 0.6) is 0 Å². The molecule has 7 nitrogen and oxygen atoms in total. The molecule has 0 N–H and O–H groups in total. The molecule has 15 aromatic rings. The molecule has 10 aromatic carbocycles. The summed E-state index contributed by atoms with van der Waals surface area (Å²) in [5.74, 6) is 1.12. The van der Waals surface area contributed by atoms with Crippen LogP contribution in [0.2, 0.25) is 0 Å². The Morgan fingerprint density at radius 1 is 0.311 bits per heavy atom. The van der Waals surface area contributed by atoms with Gasteiger partial charge in [-0.1, -0.05) is 152 Å². The highest BCUT2D eigenvalue weighted by molar-refractivity contribution is 6.19. The van der Waals surface area contributed by atoms with E-state index in [1.54, 1.807) is 34.9 Å². The van der Waals surface area contributed by atoms with Gasteiger partial charge < -0.3 is 18.0 Å². The Kier molecular flexibility index (Phi) is 8.98. The van der Waals surface area contributed by atoms with Crippen molar-refractivity contribution in [2.45, 2.75) is 6.18 Å². The SMILES string of the molecule is FC(F)(F)c1c(-c2ccc(-n3c4ccccc4c4cc5c(cc43)oc3ccccc35)c(-c3nc(-c4ccccc4)nc(-c4ccccc4)n3)c2)cccc1-n1c2ccccc2c2cc3c(cc21)oc1ccccc13. The summed E-state index contributed by atoms with van der Waals surface area (Å²) in [6.07, 6.45) is -4.81. The maximum atomic E-state index is 16.5. The second-order valence-corrected chi connectivity index (χ2v) is 18.6. The Labute approximate surface area is 418 Å². The van der Waals surface area contributed by atoms with Gasteiger partial charge in [0.1, 0.15) is 22.3 Å². The van der Waals surface area contributed by atoms with E-state index in [0.29, 0.717) is 56.2 Å². The Balaban J connectivity index is 1.02. The second kappa shape index (κ2) is 15.9. The molecule has 5 aromatic heterocycles. The van der Waals surface area contributed by atoms with Crippen LogP contribution in [0.3, 0.4) is 0 Å². The van der Waals surface area contributed by atoms with Crippen LogP contribution >= 0.6 is 0 Å². The van der Waals surface area contributed by atoms with Crippen molar-refractivity contribution in [2.24, 2.45) is 0 Å². The van der Waals surface area contributed by atoms with Gasteiger partial charge in [-0.2, -0.15) is 13.2 Å². The highest BCUT2D eigenvalue weighted by Gasteiger charge is 2.38. The van der Waals surface area contributed by atoms with Crippen LogP contribution in [0.4, 0.5) is 13.2 Å². The van der Waals surface area contributed by atoms with Crippen LogP contribution in [0.15, 0.2) is 227 Å². The zero-order chi connectivity index (χ0) is 49.2. The van der Waals surface area contributed by atoms with Crippen molar-refractivity contribution in [1.29, 1.82) is 0 Å². The number of furan rings is 2. The molecule has 0 spiro atoms. The van der Waals surface area contributed by atoms with Crippen molar-refractivity contribution in [1.82, 2.24) is 24.1 Å². The minimum absolute atomic E-state index is 0.00891. The average Bonchev–Trinajstić information content (AvgIpc) is 4.18. The quantitative estimate of drug-likeness (QED) is 0.166. The van der Waals surface area contributed by atoms with Gasteiger partial charge in [-0.25, -0.2) is 15.0 Å². The lowest BCUT2D eigenvalue weighted by atomic mass is 9.95. The van der Waals surface area contributed by atoms with Crippen LogP contribution < -0.4 is 0 Å². The summed E-state index contributed by atoms with van der Waals surface area (Å²) in [4.78, 5) is 15.4. The molecule has 0 aliphatic rings. The van der Waals surface area contributed by atoms with Gasteiger partial charge in [-0.05, 0) is 65.7 Å². The van der Waals surface area contributed by atoms with Gasteiger partial charge in [0.05, 0.1) is 39.0 Å². The summed E-state index contributed by atoms with van der Waals surface area (Å²) < 4.78 is 66.1. The minimum Gasteiger partial charge on any atom is -0.456 e. The first kappa shape index (κ1) is 41.9. The van der Waals surface area contributed by atoms with E-state index in [4.69, 9.17) is 23.8 Å². The first-order valence-corrected chi connectivity index (χ1v) is 24.2. The Morgan fingerprint density at radius 2 is 0.784 bits per heavy atom. The molecule has 74 heavy (non-hydrogen) atoms. The third-order valence-corrected chi connectivity index (χ3v) is 14.4. The van der Waals surface area contributed by atoms with E-state index in [1.807, 2.05) is 158 Å². The first-order chi connectivity index (χ1) is 36.3. The molecular formula is C64H36F3N5O2. The van der Waals surface area contributed by atoms with Gasteiger partial charge in [0.25, 0.3) is 0 Å². The topological polar surface area (TPSA) is 74.8 Å². The molecule has 0 aliphatic carbocycles. The lowest BCUT2D eigenvalue weighted by Gasteiger charge is -2.21. The van der Waals surface area contributed by atoms with E-state index in [-0.39, 0.29) is 17.1 Å². The van der Waals surface area contributed by atoms with Gasteiger partial charge in [0.2, 0.25) is 0 Å². The molecule has 0 saturated heterocycles. The summed E-state index contributed by atoms with van der Waals surface area (Å²) in [5, 5.41) is 7.43. The minimum atomic E-state index is -4.81. The zero-order valence-electron chi connectivity index (χ0n) is 39.0. The fraction of sp³-hybridized carbons (Fsp3) is 0.0156. The molecule has 0 unspecified atom stereocenters. The number of aromatic nitrogens is 5. The molecule has 350 valence electrons. The molecule has 0 radical (unpaired) electrons. The van der Waals surface area contributed by atoms with E-state index < -0.39 is 11.7 Å². The molecule has 0 atom stereocenters. The largest absolute Gasteiger partial charge is 0.456 e. The number of hydrogen-bond acceptors (Lipinski definition) is 5. The van der Waals surface area contributed by atoms with Crippen molar-refractivity contribution in [3.63, 3.8) is 0 Å². The van der Waals surface area contributed by atoms with Gasteiger partial charge in [-0.3, -0.25) is 0 Å². The zero-order valence-corrected chi connectivity index (χ0v) is 39.0. The van der Waals surface area contributed by atoms with E-state index in [0.717, 1.165) is 70.8 Å². The van der Waals surface area contributed by atoms with E-state index >= 15 is 13.2 Å². The fourth-order valence-corrected chi connectivity index (χ4v) is 11.2. The average molecular weight is 964 g/mol. The summed E-state index contributed by atoms with van der Waals surface area (Å²) in [6, 6.07) is 69.2. The third-order valence-electron chi connectivity index (χ3n) is 14.4. The molecule has 10 heteroatoms. The van der Waals surface area contributed by atoms with Gasteiger partial charge >= 0.3 is 6.18 Å². The molecule has 0 aliphatic heterocycles. The lowest BCUT2D eigenvalue weighted by Crippen LogP contribution is -2.13. The summed E-state index contributed by atoms with van der Waals surface area (Å²) >= 11 is 0. The smallest absolute Gasteiger partial charge is 0.419 e. The first-order valence-electron chi connectivity index (χ1n) is 24.2. The second-order valence-electron chi connectivity index (χ2n) is 18.6. The van der Waals surface area contributed by atoms with Crippen LogP contribution in [-0.2, 0) is 6.18 Å². The van der Waals surface area contributed by atoms with Gasteiger partial charge in [-0.15, -0.1) is 0 Å². The number of nitrogens with zero attached hydrogens (tertiary/aromatic N) is 5. The van der Waals surface area contributed by atoms with Crippen molar-refractivity contribution in [2.75, 3.05) is 0 Å². The molecule has 0 saturated carbocycles. The van der Waals surface area contributed by atoms with E-state index in [2.05, 4.69) is 34.9 Å². The predicted octanol–water partition coefficient (Wildman–Crippen LogP) is 17.6. The molecule has 15 rings (SSSR count). The number of para-hydroxylation sites is 4. The van der Waals surface area contributed by atoms with Crippen LogP contribution in [0, 0.1) is 0 Å². The Bertz CT molecular complexity index is 4720. The normalized spacial score (nSPS) is 12.3. The molecule has 0 amide bonds.